The van der Waals surface area contributed by atoms with Gasteiger partial charge in [0.15, 0.2) is 0 Å². The standard InChI is InChI=1S/C22H19N3S/c1-3-8-18(9-4-1)13-14-23-16-19-17-25(20-10-5-2-6-11-20)24-22(19)21-12-7-15-26-21/h1-12,15-17H,13-14H2. The van der Waals surface area contributed by atoms with Gasteiger partial charge in [-0.05, 0) is 35.6 Å². The Labute approximate surface area is 157 Å². The van der Waals surface area contributed by atoms with Gasteiger partial charge in [-0.15, -0.1) is 11.3 Å². The zero-order chi connectivity index (χ0) is 17.6. The molecule has 0 unspecified atom stereocenters. The van der Waals surface area contributed by atoms with E-state index in [-0.39, 0.29) is 0 Å². The van der Waals surface area contributed by atoms with Crippen LogP contribution in [0.5, 0.6) is 0 Å². The van der Waals surface area contributed by atoms with Crippen molar-refractivity contribution in [2.75, 3.05) is 6.54 Å². The molecule has 2 aromatic carbocycles. The summed E-state index contributed by atoms with van der Waals surface area (Å²) < 4.78 is 1.92. The number of thiophene rings is 1. The van der Waals surface area contributed by atoms with Crippen LogP contribution in [0.4, 0.5) is 0 Å². The Morgan fingerprint density at radius 3 is 2.42 bits per heavy atom. The monoisotopic (exact) mass is 357 g/mol. The highest BCUT2D eigenvalue weighted by Gasteiger charge is 2.11. The summed E-state index contributed by atoms with van der Waals surface area (Å²) in [6.45, 7) is 0.768. The molecule has 0 aliphatic heterocycles. The SMILES string of the molecule is C(=NCCc1ccccc1)c1cn(-c2ccccc2)nc1-c1cccs1. The Bertz CT molecular complexity index is 971. The highest BCUT2D eigenvalue weighted by atomic mass is 32.1. The van der Waals surface area contributed by atoms with Crippen LogP contribution in [0.25, 0.3) is 16.3 Å². The van der Waals surface area contributed by atoms with Gasteiger partial charge in [0.1, 0.15) is 5.69 Å². The second kappa shape index (κ2) is 7.93. The van der Waals surface area contributed by atoms with E-state index in [0.717, 1.165) is 34.8 Å². The first-order valence-corrected chi connectivity index (χ1v) is 9.51. The average Bonchev–Trinajstić information content (AvgIpc) is 3.36. The van der Waals surface area contributed by atoms with Gasteiger partial charge in [-0.3, -0.25) is 4.99 Å². The Balaban J connectivity index is 1.58. The fourth-order valence-electron chi connectivity index (χ4n) is 2.80. The number of hydrogen-bond donors (Lipinski definition) is 0. The van der Waals surface area contributed by atoms with Crippen LogP contribution < -0.4 is 0 Å². The molecule has 0 aliphatic rings. The number of aromatic nitrogens is 2. The summed E-state index contributed by atoms with van der Waals surface area (Å²) in [6.07, 6.45) is 4.94. The minimum absolute atomic E-state index is 0.768. The molecular formula is C22H19N3S. The second-order valence-corrected chi connectivity index (χ2v) is 6.91. The predicted octanol–water partition coefficient (Wildman–Crippen LogP) is 5.26. The lowest BCUT2D eigenvalue weighted by molar-refractivity contribution is 0.885. The van der Waals surface area contributed by atoms with Crippen LogP contribution in [0, 0.1) is 0 Å². The van der Waals surface area contributed by atoms with E-state index < -0.39 is 0 Å². The van der Waals surface area contributed by atoms with Crippen LogP contribution >= 0.6 is 11.3 Å². The van der Waals surface area contributed by atoms with Crippen molar-refractivity contribution in [3.8, 4) is 16.3 Å². The van der Waals surface area contributed by atoms with Crippen molar-refractivity contribution in [3.63, 3.8) is 0 Å². The third-order valence-corrected chi connectivity index (χ3v) is 5.00. The lowest BCUT2D eigenvalue weighted by Crippen LogP contribution is -1.93. The van der Waals surface area contributed by atoms with E-state index in [9.17, 15) is 0 Å². The minimum Gasteiger partial charge on any atom is -0.292 e. The molecule has 0 spiro atoms. The Morgan fingerprint density at radius 1 is 0.923 bits per heavy atom. The summed E-state index contributed by atoms with van der Waals surface area (Å²) in [6, 6.07) is 24.8. The van der Waals surface area contributed by atoms with Gasteiger partial charge in [0.25, 0.3) is 0 Å². The van der Waals surface area contributed by atoms with E-state index in [1.165, 1.54) is 5.56 Å². The maximum absolute atomic E-state index is 4.80. The van der Waals surface area contributed by atoms with E-state index in [1.807, 2.05) is 35.2 Å². The third-order valence-electron chi connectivity index (χ3n) is 4.12. The Morgan fingerprint density at radius 2 is 1.69 bits per heavy atom. The van der Waals surface area contributed by atoms with Crippen molar-refractivity contribution in [1.82, 2.24) is 9.78 Å². The number of hydrogen-bond acceptors (Lipinski definition) is 3. The fraction of sp³-hybridized carbons (Fsp3) is 0.0909. The van der Waals surface area contributed by atoms with Crippen LogP contribution in [0.2, 0.25) is 0 Å². The predicted molar refractivity (Wildman–Crippen MR) is 109 cm³/mol. The van der Waals surface area contributed by atoms with Crippen molar-refractivity contribution < 1.29 is 0 Å². The van der Waals surface area contributed by atoms with Gasteiger partial charge in [-0.2, -0.15) is 5.10 Å². The third kappa shape index (κ3) is 3.81. The highest BCUT2D eigenvalue weighted by Crippen LogP contribution is 2.26. The van der Waals surface area contributed by atoms with Gasteiger partial charge in [0, 0.05) is 24.5 Å². The lowest BCUT2D eigenvalue weighted by atomic mass is 10.1. The first kappa shape index (κ1) is 16.5. The second-order valence-electron chi connectivity index (χ2n) is 5.96. The minimum atomic E-state index is 0.768. The summed E-state index contributed by atoms with van der Waals surface area (Å²) in [5, 5.41) is 6.87. The molecule has 3 nitrogen and oxygen atoms in total. The van der Waals surface area contributed by atoms with Crippen molar-refractivity contribution >= 4 is 17.6 Å². The number of rotatable bonds is 6. The molecule has 2 heterocycles. The molecule has 0 amide bonds. The van der Waals surface area contributed by atoms with Crippen molar-refractivity contribution in [3.05, 3.63) is 95.5 Å². The fourth-order valence-corrected chi connectivity index (χ4v) is 3.53. The Kier molecular flexibility index (Phi) is 5.03. The van der Waals surface area contributed by atoms with Crippen LogP contribution in [-0.2, 0) is 6.42 Å². The normalized spacial score (nSPS) is 11.2. The molecule has 0 N–H and O–H groups in total. The zero-order valence-electron chi connectivity index (χ0n) is 14.3. The van der Waals surface area contributed by atoms with Crippen molar-refractivity contribution in [2.45, 2.75) is 6.42 Å². The molecule has 4 aromatic rings. The highest BCUT2D eigenvalue weighted by molar-refractivity contribution is 7.13. The summed E-state index contributed by atoms with van der Waals surface area (Å²) in [5.41, 5.74) is 4.38. The molecule has 4 heteroatoms. The molecular weight excluding hydrogens is 338 g/mol. The van der Waals surface area contributed by atoms with Crippen LogP contribution in [0.3, 0.4) is 0 Å². The van der Waals surface area contributed by atoms with E-state index >= 15 is 0 Å². The maximum atomic E-state index is 4.80. The summed E-state index contributed by atoms with van der Waals surface area (Å²) >= 11 is 1.70. The van der Waals surface area contributed by atoms with Gasteiger partial charge in [0.2, 0.25) is 0 Å². The average molecular weight is 357 g/mol. The van der Waals surface area contributed by atoms with Crippen LogP contribution in [0.1, 0.15) is 11.1 Å². The van der Waals surface area contributed by atoms with Gasteiger partial charge >= 0.3 is 0 Å². The lowest BCUT2D eigenvalue weighted by Gasteiger charge is -1.98. The number of nitrogens with zero attached hydrogens (tertiary/aromatic N) is 3. The molecule has 0 aliphatic carbocycles. The molecule has 0 saturated heterocycles. The van der Waals surface area contributed by atoms with Crippen LogP contribution in [-0.4, -0.2) is 22.5 Å². The first-order chi connectivity index (χ1) is 12.9. The number of benzene rings is 2. The maximum Gasteiger partial charge on any atom is 0.111 e. The largest absolute Gasteiger partial charge is 0.292 e. The van der Waals surface area contributed by atoms with Crippen molar-refractivity contribution in [2.24, 2.45) is 4.99 Å². The zero-order valence-corrected chi connectivity index (χ0v) is 15.1. The quantitative estimate of drug-likeness (QED) is 0.433. The van der Waals surface area contributed by atoms with Gasteiger partial charge < -0.3 is 0 Å². The molecule has 2 aromatic heterocycles. The molecule has 0 fully saturated rings. The van der Waals surface area contributed by atoms with Gasteiger partial charge in [-0.1, -0.05) is 54.6 Å². The van der Waals surface area contributed by atoms with Crippen LogP contribution in [0.15, 0.2) is 89.4 Å². The van der Waals surface area contributed by atoms with Gasteiger partial charge in [-0.25, -0.2) is 4.68 Å². The first-order valence-electron chi connectivity index (χ1n) is 8.63. The van der Waals surface area contributed by atoms with E-state index in [0.29, 0.717) is 0 Å². The summed E-state index contributed by atoms with van der Waals surface area (Å²) in [4.78, 5) is 5.80. The molecule has 0 radical (unpaired) electrons. The molecule has 0 bridgehead atoms. The molecule has 128 valence electrons. The van der Waals surface area contributed by atoms with Crippen molar-refractivity contribution in [1.29, 1.82) is 0 Å². The Hall–Kier alpha value is -2.98. The van der Waals surface area contributed by atoms with E-state index in [4.69, 9.17) is 5.10 Å². The summed E-state index contributed by atoms with van der Waals surface area (Å²) in [5.74, 6) is 0. The molecule has 0 atom stereocenters. The van der Waals surface area contributed by atoms with Gasteiger partial charge in [0.05, 0.1) is 10.6 Å². The van der Waals surface area contributed by atoms with E-state index in [2.05, 4.69) is 65.1 Å². The molecule has 26 heavy (non-hydrogen) atoms. The number of aliphatic imine (C=N–C) groups is 1. The van der Waals surface area contributed by atoms with E-state index in [1.54, 1.807) is 11.3 Å². The smallest absolute Gasteiger partial charge is 0.111 e. The topological polar surface area (TPSA) is 30.2 Å². The summed E-state index contributed by atoms with van der Waals surface area (Å²) in [7, 11) is 0. The molecule has 0 saturated carbocycles. The number of para-hydroxylation sites is 1. The molecule has 4 rings (SSSR count).